The van der Waals surface area contributed by atoms with Gasteiger partial charge in [0, 0.05) is 0 Å². The molecule has 0 aliphatic rings. The van der Waals surface area contributed by atoms with Crippen LogP contribution < -0.4 is 10.5 Å². The number of hydrogen-bond donors (Lipinski definition) is 1. The smallest absolute Gasteiger partial charge is 0.261 e. The first-order chi connectivity index (χ1) is 6.84. The fourth-order valence-electron chi connectivity index (χ4n) is 0.885. The van der Waals surface area contributed by atoms with Gasteiger partial charge in [-0.05, 0) is 26.0 Å². The van der Waals surface area contributed by atoms with Gasteiger partial charge >= 0.3 is 0 Å². The Hall–Kier alpha value is -1.65. The SMILES string of the molecule is CC(C)(Oc1c(F)cccc1F)C(N)=O. The predicted molar refractivity (Wildman–Crippen MR) is 50.3 cm³/mol. The van der Waals surface area contributed by atoms with E-state index in [1.54, 1.807) is 0 Å². The van der Waals surface area contributed by atoms with Gasteiger partial charge in [-0.25, -0.2) is 8.78 Å². The summed E-state index contributed by atoms with van der Waals surface area (Å²) in [5.74, 6) is -3.14. The summed E-state index contributed by atoms with van der Waals surface area (Å²) in [6, 6.07) is 3.28. The number of nitrogens with two attached hydrogens (primary N) is 1. The summed E-state index contributed by atoms with van der Waals surface area (Å²) < 4.78 is 31.2. The molecule has 1 aromatic carbocycles. The molecule has 0 aliphatic heterocycles. The molecular weight excluding hydrogens is 204 g/mol. The molecule has 82 valence electrons. The molecule has 0 saturated carbocycles. The van der Waals surface area contributed by atoms with Crippen LogP contribution in [0, 0.1) is 11.6 Å². The zero-order valence-corrected chi connectivity index (χ0v) is 8.38. The predicted octanol–water partition coefficient (Wildman–Crippen LogP) is 1.61. The van der Waals surface area contributed by atoms with Gasteiger partial charge in [0.15, 0.2) is 23.0 Å². The van der Waals surface area contributed by atoms with Crippen molar-refractivity contribution in [2.45, 2.75) is 19.4 Å². The van der Waals surface area contributed by atoms with Gasteiger partial charge in [-0.15, -0.1) is 0 Å². The second kappa shape index (κ2) is 3.84. The van der Waals surface area contributed by atoms with Crippen molar-refractivity contribution in [2.24, 2.45) is 5.73 Å². The molecule has 0 radical (unpaired) electrons. The Morgan fingerprint density at radius 3 is 2.20 bits per heavy atom. The lowest BCUT2D eigenvalue weighted by molar-refractivity contribution is -0.130. The lowest BCUT2D eigenvalue weighted by Crippen LogP contribution is -2.43. The average Bonchev–Trinajstić information content (AvgIpc) is 2.11. The number of halogens is 2. The Morgan fingerprint density at radius 1 is 1.33 bits per heavy atom. The molecule has 0 unspecified atom stereocenters. The third-order valence-corrected chi connectivity index (χ3v) is 1.87. The van der Waals surface area contributed by atoms with E-state index in [4.69, 9.17) is 10.5 Å². The van der Waals surface area contributed by atoms with Gasteiger partial charge in [0.1, 0.15) is 0 Å². The molecule has 2 N–H and O–H groups in total. The van der Waals surface area contributed by atoms with E-state index >= 15 is 0 Å². The summed E-state index contributed by atoms with van der Waals surface area (Å²) in [5, 5.41) is 0. The van der Waals surface area contributed by atoms with Crippen molar-refractivity contribution in [3.05, 3.63) is 29.8 Å². The highest BCUT2D eigenvalue weighted by Gasteiger charge is 2.29. The number of hydrogen-bond acceptors (Lipinski definition) is 2. The van der Waals surface area contributed by atoms with Crippen LogP contribution in [0.4, 0.5) is 8.78 Å². The molecule has 0 heterocycles. The van der Waals surface area contributed by atoms with Crippen molar-refractivity contribution in [3.8, 4) is 5.75 Å². The number of ether oxygens (including phenoxy) is 1. The largest absolute Gasteiger partial charge is 0.472 e. The Kier molecular flexibility index (Phi) is 2.93. The maximum atomic E-state index is 13.1. The summed E-state index contributed by atoms with van der Waals surface area (Å²) in [4.78, 5) is 10.9. The molecule has 1 amide bonds. The minimum Gasteiger partial charge on any atom is -0.472 e. The summed E-state index contributed by atoms with van der Waals surface area (Å²) in [6.45, 7) is 2.67. The zero-order chi connectivity index (χ0) is 11.6. The second-order valence-corrected chi connectivity index (χ2v) is 3.53. The number of carbonyl (C=O) groups excluding carboxylic acids is 1. The number of carbonyl (C=O) groups is 1. The van der Waals surface area contributed by atoms with Crippen molar-refractivity contribution in [2.75, 3.05) is 0 Å². The monoisotopic (exact) mass is 215 g/mol. The summed E-state index contributed by atoms with van der Waals surface area (Å²) >= 11 is 0. The normalized spacial score (nSPS) is 11.2. The van der Waals surface area contributed by atoms with Crippen molar-refractivity contribution in [1.82, 2.24) is 0 Å². The molecule has 15 heavy (non-hydrogen) atoms. The Morgan fingerprint density at radius 2 is 1.80 bits per heavy atom. The minimum atomic E-state index is -1.46. The molecule has 0 atom stereocenters. The van der Waals surface area contributed by atoms with E-state index < -0.39 is 28.9 Å². The van der Waals surface area contributed by atoms with Crippen molar-refractivity contribution < 1.29 is 18.3 Å². The fourth-order valence-corrected chi connectivity index (χ4v) is 0.885. The van der Waals surface area contributed by atoms with Gasteiger partial charge in [0.25, 0.3) is 5.91 Å². The minimum absolute atomic E-state index is 0.596. The molecule has 5 heteroatoms. The topological polar surface area (TPSA) is 52.3 Å². The third kappa shape index (κ3) is 2.43. The molecule has 0 bridgehead atoms. The number of benzene rings is 1. The molecule has 0 aromatic heterocycles. The Bertz CT molecular complexity index is 371. The van der Waals surface area contributed by atoms with Crippen LogP contribution in [-0.4, -0.2) is 11.5 Å². The fraction of sp³-hybridized carbons (Fsp3) is 0.300. The van der Waals surface area contributed by atoms with Crippen LogP contribution in [-0.2, 0) is 4.79 Å². The first kappa shape index (κ1) is 11.4. The van der Waals surface area contributed by atoms with Gasteiger partial charge in [-0.3, -0.25) is 4.79 Å². The van der Waals surface area contributed by atoms with Gasteiger partial charge in [0.2, 0.25) is 0 Å². The average molecular weight is 215 g/mol. The van der Waals surface area contributed by atoms with Crippen LogP contribution in [0.25, 0.3) is 0 Å². The van der Waals surface area contributed by atoms with Crippen LogP contribution in [0.15, 0.2) is 18.2 Å². The van der Waals surface area contributed by atoms with E-state index in [0.717, 1.165) is 12.1 Å². The lowest BCUT2D eigenvalue weighted by Gasteiger charge is -2.23. The van der Waals surface area contributed by atoms with E-state index in [0.29, 0.717) is 0 Å². The molecule has 1 rings (SSSR count). The first-order valence-electron chi connectivity index (χ1n) is 4.27. The molecule has 0 saturated heterocycles. The van der Waals surface area contributed by atoms with Gasteiger partial charge in [0.05, 0.1) is 0 Å². The van der Waals surface area contributed by atoms with E-state index in [-0.39, 0.29) is 0 Å². The number of primary amides is 1. The summed E-state index contributed by atoms with van der Waals surface area (Å²) in [5.41, 5.74) is 3.55. The first-order valence-corrected chi connectivity index (χ1v) is 4.27. The highest BCUT2D eigenvalue weighted by molar-refractivity contribution is 5.82. The number of rotatable bonds is 3. The van der Waals surface area contributed by atoms with Crippen molar-refractivity contribution >= 4 is 5.91 Å². The van der Waals surface area contributed by atoms with Gasteiger partial charge in [-0.1, -0.05) is 6.07 Å². The van der Waals surface area contributed by atoms with E-state index in [1.807, 2.05) is 0 Å². The summed E-state index contributed by atoms with van der Waals surface area (Å²) in [6.07, 6.45) is 0. The van der Waals surface area contributed by atoms with Crippen LogP contribution in [0.5, 0.6) is 5.75 Å². The van der Waals surface area contributed by atoms with E-state index in [2.05, 4.69) is 0 Å². The Balaban J connectivity index is 3.04. The van der Waals surface area contributed by atoms with E-state index in [1.165, 1.54) is 19.9 Å². The van der Waals surface area contributed by atoms with Crippen molar-refractivity contribution in [1.29, 1.82) is 0 Å². The van der Waals surface area contributed by atoms with Crippen molar-refractivity contribution in [3.63, 3.8) is 0 Å². The maximum Gasteiger partial charge on any atom is 0.261 e. The van der Waals surface area contributed by atoms with Crippen LogP contribution in [0.1, 0.15) is 13.8 Å². The standard InChI is InChI=1S/C10H11F2NO2/c1-10(2,9(13)14)15-8-6(11)4-3-5-7(8)12/h3-5H,1-2H3,(H2,13,14). The Labute approximate surface area is 85.8 Å². The second-order valence-electron chi connectivity index (χ2n) is 3.53. The molecule has 3 nitrogen and oxygen atoms in total. The highest BCUT2D eigenvalue weighted by atomic mass is 19.1. The third-order valence-electron chi connectivity index (χ3n) is 1.87. The molecule has 0 aliphatic carbocycles. The van der Waals surface area contributed by atoms with E-state index in [9.17, 15) is 13.6 Å². The highest BCUT2D eigenvalue weighted by Crippen LogP contribution is 2.25. The van der Waals surface area contributed by atoms with Crippen LogP contribution in [0.2, 0.25) is 0 Å². The van der Waals surface area contributed by atoms with Crippen LogP contribution >= 0.6 is 0 Å². The van der Waals surface area contributed by atoms with Crippen LogP contribution in [0.3, 0.4) is 0 Å². The summed E-state index contributed by atoms with van der Waals surface area (Å²) in [7, 11) is 0. The lowest BCUT2D eigenvalue weighted by atomic mass is 10.1. The molecular formula is C10H11F2NO2. The van der Waals surface area contributed by atoms with Gasteiger partial charge < -0.3 is 10.5 Å². The maximum absolute atomic E-state index is 13.1. The quantitative estimate of drug-likeness (QED) is 0.832. The van der Waals surface area contributed by atoms with Gasteiger partial charge in [-0.2, -0.15) is 0 Å². The number of para-hydroxylation sites is 1. The molecule has 0 fully saturated rings. The zero-order valence-electron chi connectivity index (χ0n) is 8.38. The molecule has 1 aromatic rings. The number of amides is 1. The molecule has 0 spiro atoms.